The molecule has 0 atom stereocenters. The van der Waals surface area contributed by atoms with E-state index in [9.17, 15) is 4.79 Å². The molecule has 1 amide bonds. The summed E-state index contributed by atoms with van der Waals surface area (Å²) in [6.07, 6.45) is 0.364. The fourth-order valence-corrected chi connectivity index (χ4v) is 2.73. The van der Waals surface area contributed by atoms with Crippen LogP contribution in [-0.4, -0.2) is 5.91 Å². The van der Waals surface area contributed by atoms with Gasteiger partial charge in [0.1, 0.15) is 0 Å². The highest BCUT2D eigenvalue weighted by molar-refractivity contribution is 9.10. The van der Waals surface area contributed by atoms with Gasteiger partial charge in [-0.1, -0.05) is 35.4 Å². The van der Waals surface area contributed by atoms with Crippen molar-refractivity contribution in [2.24, 2.45) is 0 Å². The minimum Gasteiger partial charge on any atom is -0.325 e. The van der Waals surface area contributed by atoms with E-state index in [1.807, 2.05) is 32.0 Å². The Morgan fingerprint density at radius 2 is 1.95 bits per heavy atom. The molecule has 2 nitrogen and oxygen atoms in total. The van der Waals surface area contributed by atoms with E-state index in [0.717, 1.165) is 26.9 Å². The molecule has 2 aromatic rings. The Kier molecular flexibility index (Phi) is 4.84. The van der Waals surface area contributed by atoms with Crippen LogP contribution in [0, 0.1) is 13.8 Å². The molecule has 0 bridgehead atoms. The minimum atomic E-state index is -0.0401. The van der Waals surface area contributed by atoms with Gasteiger partial charge in [0.2, 0.25) is 5.91 Å². The normalized spacial score (nSPS) is 10.4. The van der Waals surface area contributed by atoms with Crippen LogP contribution in [0.15, 0.2) is 40.9 Å². The van der Waals surface area contributed by atoms with Crippen molar-refractivity contribution in [3.05, 3.63) is 62.6 Å². The average Bonchev–Trinajstić information content (AvgIpc) is 2.37. The molecular formula is C16H15BrClNO. The first-order valence-corrected chi connectivity index (χ1v) is 7.44. The second kappa shape index (κ2) is 6.42. The first kappa shape index (κ1) is 15.1. The zero-order valence-corrected chi connectivity index (χ0v) is 13.7. The van der Waals surface area contributed by atoms with Crippen molar-refractivity contribution in [1.82, 2.24) is 0 Å². The smallest absolute Gasteiger partial charge is 0.228 e. The van der Waals surface area contributed by atoms with Gasteiger partial charge in [-0.3, -0.25) is 4.79 Å². The largest absolute Gasteiger partial charge is 0.325 e. The fraction of sp³-hybridized carbons (Fsp3) is 0.188. The number of benzene rings is 2. The summed E-state index contributed by atoms with van der Waals surface area (Å²) in [5, 5.41) is 3.52. The summed E-state index contributed by atoms with van der Waals surface area (Å²) >= 11 is 9.27. The van der Waals surface area contributed by atoms with Crippen LogP contribution >= 0.6 is 27.5 Å². The van der Waals surface area contributed by atoms with Crippen molar-refractivity contribution in [2.45, 2.75) is 20.3 Å². The molecule has 0 aliphatic heterocycles. The second-order valence-electron chi connectivity index (χ2n) is 4.78. The molecule has 20 heavy (non-hydrogen) atoms. The van der Waals surface area contributed by atoms with Crippen LogP contribution in [0.4, 0.5) is 5.69 Å². The Morgan fingerprint density at radius 1 is 1.20 bits per heavy atom. The molecular weight excluding hydrogens is 338 g/mol. The van der Waals surface area contributed by atoms with Crippen molar-refractivity contribution >= 4 is 39.1 Å². The van der Waals surface area contributed by atoms with Crippen LogP contribution < -0.4 is 5.32 Å². The van der Waals surface area contributed by atoms with Crippen molar-refractivity contribution in [2.75, 3.05) is 5.32 Å². The van der Waals surface area contributed by atoms with Crippen LogP contribution in [0.5, 0.6) is 0 Å². The lowest BCUT2D eigenvalue weighted by atomic mass is 10.0. The zero-order chi connectivity index (χ0) is 14.7. The Bertz CT molecular complexity index is 655. The molecule has 0 fully saturated rings. The van der Waals surface area contributed by atoms with Gasteiger partial charge in [-0.15, -0.1) is 0 Å². The highest BCUT2D eigenvalue weighted by Crippen LogP contribution is 2.26. The van der Waals surface area contributed by atoms with Crippen LogP contribution in [0.3, 0.4) is 0 Å². The standard InChI is InChI=1S/C16H15BrClNO/c1-10-3-4-11(2)12(7-10)8-16(20)19-15-6-5-13(18)9-14(15)17/h3-7,9H,8H2,1-2H3,(H,19,20). The zero-order valence-electron chi connectivity index (χ0n) is 11.3. The van der Waals surface area contributed by atoms with Crippen molar-refractivity contribution in [1.29, 1.82) is 0 Å². The van der Waals surface area contributed by atoms with E-state index < -0.39 is 0 Å². The topological polar surface area (TPSA) is 29.1 Å². The summed E-state index contributed by atoms with van der Waals surface area (Å²) in [7, 11) is 0. The molecule has 0 aliphatic rings. The maximum absolute atomic E-state index is 12.1. The van der Waals surface area contributed by atoms with Crippen molar-refractivity contribution in [3.63, 3.8) is 0 Å². The Hall–Kier alpha value is -1.32. The number of nitrogens with one attached hydrogen (secondary N) is 1. The van der Waals surface area contributed by atoms with Gasteiger partial charge >= 0.3 is 0 Å². The highest BCUT2D eigenvalue weighted by Gasteiger charge is 2.09. The molecule has 0 saturated heterocycles. The van der Waals surface area contributed by atoms with Gasteiger partial charge in [0, 0.05) is 9.50 Å². The minimum absolute atomic E-state index is 0.0401. The van der Waals surface area contributed by atoms with Crippen LogP contribution in [0.1, 0.15) is 16.7 Å². The molecule has 104 valence electrons. The van der Waals surface area contributed by atoms with E-state index in [2.05, 4.69) is 21.2 Å². The van der Waals surface area contributed by atoms with Gasteiger partial charge in [0.05, 0.1) is 12.1 Å². The summed E-state index contributed by atoms with van der Waals surface area (Å²) in [6, 6.07) is 11.4. The molecule has 1 N–H and O–H groups in total. The SMILES string of the molecule is Cc1ccc(C)c(CC(=O)Nc2ccc(Cl)cc2Br)c1. The molecule has 0 heterocycles. The number of aryl methyl sites for hydroxylation is 2. The summed E-state index contributed by atoms with van der Waals surface area (Å²) in [5.41, 5.74) is 4.06. The molecule has 0 aromatic heterocycles. The quantitative estimate of drug-likeness (QED) is 0.836. The van der Waals surface area contributed by atoms with Gasteiger partial charge < -0.3 is 5.32 Å². The second-order valence-corrected chi connectivity index (χ2v) is 6.07. The van der Waals surface area contributed by atoms with Crippen LogP contribution in [0.2, 0.25) is 5.02 Å². The monoisotopic (exact) mass is 351 g/mol. The number of anilines is 1. The number of carbonyl (C=O) groups excluding carboxylic acids is 1. The third-order valence-electron chi connectivity index (χ3n) is 3.06. The molecule has 0 saturated carbocycles. The van der Waals surface area contributed by atoms with E-state index in [4.69, 9.17) is 11.6 Å². The number of hydrogen-bond donors (Lipinski definition) is 1. The summed E-state index contributed by atoms with van der Waals surface area (Å²) in [6.45, 7) is 4.04. The van der Waals surface area contributed by atoms with Gasteiger partial charge in [-0.25, -0.2) is 0 Å². The first-order chi connectivity index (χ1) is 9.45. The average molecular weight is 353 g/mol. The summed E-state index contributed by atoms with van der Waals surface area (Å²) < 4.78 is 0.777. The Morgan fingerprint density at radius 3 is 2.65 bits per heavy atom. The van der Waals surface area contributed by atoms with E-state index in [0.29, 0.717) is 11.4 Å². The fourth-order valence-electron chi connectivity index (χ4n) is 1.95. The molecule has 0 aliphatic carbocycles. The lowest BCUT2D eigenvalue weighted by molar-refractivity contribution is -0.115. The van der Waals surface area contributed by atoms with Gasteiger partial charge in [0.15, 0.2) is 0 Å². The molecule has 2 aromatic carbocycles. The molecule has 0 spiro atoms. The highest BCUT2D eigenvalue weighted by atomic mass is 79.9. The molecule has 0 unspecified atom stereocenters. The number of rotatable bonds is 3. The van der Waals surface area contributed by atoms with Crippen LogP contribution in [-0.2, 0) is 11.2 Å². The third kappa shape index (κ3) is 3.84. The van der Waals surface area contributed by atoms with E-state index >= 15 is 0 Å². The molecule has 4 heteroatoms. The number of amides is 1. The van der Waals surface area contributed by atoms with Gasteiger partial charge in [0.25, 0.3) is 0 Å². The third-order valence-corrected chi connectivity index (χ3v) is 3.95. The number of halogens is 2. The van der Waals surface area contributed by atoms with Crippen LogP contribution in [0.25, 0.3) is 0 Å². The van der Waals surface area contributed by atoms with E-state index in [-0.39, 0.29) is 5.91 Å². The lowest BCUT2D eigenvalue weighted by Crippen LogP contribution is -2.15. The summed E-state index contributed by atoms with van der Waals surface area (Å²) in [5.74, 6) is -0.0401. The first-order valence-electron chi connectivity index (χ1n) is 6.27. The Balaban J connectivity index is 2.11. The van der Waals surface area contributed by atoms with Crippen molar-refractivity contribution < 1.29 is 4.79 Å². The maximum Gasteiger partial charge on any atom is 0.228 e. The molecule has 2 rings (SSSR count). The van der Waals surface area contributed by atoms with Crippen molar-refractivity contribution in [3.8, 4) is 0 Å². The number of hydrogen-bond acceptors (Lipinski definition) is 1. The predicted octanol–water partition coefficient (Wildman–Crippen LogP) is 4.90. The van der Waals surface area contributed by atoms with E-state index in [1.54, 1.807) is 18.2 Å². The van der Waals surface area contributed by atoms with E-state index in [1.165, 1.54) is 0 Å². The van der Waals surface area contributed by atoms with Gasteiger partial charge in [-0.2, -0.15) is 0 Å². The lowest BCUT2D eigenvalue weighted by Gasteiger charge is -2.10. The number of carbonyl (C=O) groups is 1. The van der Waals surface area contributed by atoms with Gasteiger partial charge in [-0.05, 0) is 59.1 Å². The predicted molar refractivity (Wildman–Crippen MR) is 87.4 cm³/mol. The summed E-state index contributed by atoms with van der Waals surface area (Å²) in [4.78, 5) is 12.1. The Labute approximate surface area is 132 Å². The molecule has 0 radical (unpaired) electrons. The maximum atomic E-state index is 12.1.